The van der Waals surface area contributed by atoms with Gasteiger partial charge in [0, 0.05) is 13.0 Å². The molecule has 2 atom stereocenters. The van der Waals surface area contributed by atoms with Gasteiger partial charge in [-0.1, -0.05) is 6.07 Å². The van der Waals surface area contributed by atoms with E-state index in [4.69, 9.17) is 19.9 Å². The number of nitrogen functional groups attached to an aromatic ring is 1. The van der Waals surface area contributed by atoms with Gasteiger partial charge in [-0.15, -0.1) is 0 Å². The van der Waals surface area contributed by atoms with E-state index in [9.17, 15) is 4.79 Å². The minimum absolute atomic E-state index is 0.0573. The van der Waals surface area contributed by atoms with E-state index < -0.39 is 0 Å². The van der Waals surface area contributed by atoms with E-state index in [0.29, 0.717) is 18.2 Å². The van der Waals surface area contributed by atoms with Crippen molar-refractivity contribution in [2.24, 2.45) is 5.92 Å². The van der Waals surface area contributed by atoms with Gasteiger partial charge in [0.2, 0.25) is 0 Å². The molecule has 24 heavy (non-hydrogen) atoms. The Kier molecular flexibility index (Phi) is 5.29. The van der Waals surface area contributed by atoms with E-state index in [1.807, 2.05) is 6.07 Å². The van der Waals surface area contributed by atoms with Crippen LogP contribution in [0.5, 0.6) is 5.75 Å². The molecule has 0 radical (unpaired) electrons. The van der Waals surface area contributed by atoms with Gasteiger partial charge < -0.3 is 19.9 Å². The Morgan fingerprint density at radius 2 is 2.12 bits per heavy atom. The summed E-state index contributed by atoms with van der Waals surface area (Å²) in [4.78, 5) is 11.7. The number of benzene rings is 1. The molecule has 1 heterocycles. The van der Waals surface area contributed by atoms with E-state index in [2.05, 4.69) is 6.07 Å². The third-order valence-corrected chi connectivity index (χ3v) is 5.15. The van der Waals surface area contributed by atoms with Gasteiger partial charge in [-0.25, -0.2) is 0 Å². The van der Waals surface area contributed by atoms with Crippen molar-refractivity contribution >= 4 is 11.7 Å². The van der Waals surface area contributed by atoms with Crippen LogP contribution >= 0.6 is 0 Å². The van der Waals surface area contributed by atoms with E-state index in [1.54, 1.807) is 7.11 Å². The first kappa shape index (κ1) is 17.1. The second-order valence-corrected chi connectivity index (χ2v) is 6.90. The zero-order valence-corrected chi connectivity index (χ0v) is 14.5. The molecule has 2 aliphatic rings. The van der Waals surface area contributed by atoms with Crippen molar-refractivity contribution in [3.8, 4) is 5.75 Å². The van der Waals surface area contributed by atoms with Gasteiger partial charge in [-0.2, -0.15) is 0 Å². The Bertz CT molecular complexity index is 597. The minimum Gasteiger partial charge on any atom is -0.491 e. The van der Waals surface area contributed by atoms with Crippen molar-refractivity contribution in [2.45, 2.75) is 43.9 Å². The monoisotopic (exact) mass is 333 g/mol. The van der Waals surface area contributed by atoms with Crippen LogP contribution in [0.4, 0.5) is 5.69 Å². The van der Waals surface area contributed by atoms with Crippen molar-refractivity contribution in [1.82, 2.24) is 0 Å². The molecule has 0 saturated heterocycles. The van der Waals surface area contributed by atoms with Crippen LogP contribution in [0.25, 0.3) is 0 Å². The predicted molar refractivity (Wildman–Crippen MR) is 92.3 cm³/mol. The number of rotatable bonds is 6. The number of carbonyl (C=O) groups is 1. The number of hydrogen-bond donors (Lipinski definition) is 1. The van der Waals surface area contributed by atoms with Crippen molar-refractivity contribution in [3.63, 3.8) is 0 Å². The average Bonchev–Trinajstić information content (AvgIpc) is 3.40. The van der Waals surface area contributed by atoms with Crippen molar-refractivity contribution < 1.29 is 19.0 Å². The lowest BCUT2D eigenvalue weighted by Crippen LogP contribution is -2.15. The molecular weight excluding hydrogens is 306 g/mol. The molecule has 0 bridgehead atoms. The first-order chi connectivity index (χ1) is 11.6. The molecule has 1 saturated carbocycles. The van der Waals surface area contributed by atoms with Gasteiger partial charge in [-0.05, 0) is 54.7 Å². The smallest absolute Gasteiger partial charge is 0.306 e. The standard InChI is InChI=1S/C19H27NO4/c1-22-11-14(10-18(21)23-2)13-8-16-15(12-5-6-12)4-3-7-24-19(16)17(20)9-13/h8-9,12,14-15H,3-7,10-11,20H2,1-2H3. The summed E-state index contributed by atoms with van der Waals surface area (Å²) in [5.74, 6) is 1.83. The highest BCUT2D eigenvalue weighted by molar-refractivity contribution is 5.71. The number of esters is 1. The number of methoxy groups -OCH3 is 2. The molecule has 1 fully saturated rings. The molecule has 5 heteroatoms. The molecule has 0 aromatic heterocycles. The summed E-state index contributed by atoms with van der Waals surface area (Å²) in [6, 6.07) is 4.12. The Labute approximate surface area is 143 Å². The Hall–Kier alpha value is -1.75. The molecule has 0 amide bonds. The minimum atomic E-state index is -0.236. The van der Waals surface area contributed by atoms with E-state index >= 15 is 0 Å². The Morgan fingerprint density at radius 3 is 2.79 bits per heavy atom. The van der Waals surface area contributed by atoms with Crippen LogP contribution in [0.3, 0.4) is 0 Å². The van der Waals surface area contributed by atoms with Crippen LogP contribution < -0.4 is 10.5 Å². The lowest BCUT2D eigenvalue weighted by Gasteiger charge is -2.22. The van der Waals surface area contributed by atoms with Gasteiger partial charge in [0.15, 0.2) is 0 Å². The highest BCUT2D eigenvalue weighted by Crippen LogP contribution is 2.50. The number of fused-ring (bicyclic) bond motifs is 1. The molecular formula is C19H27NO4. The number of carbonyl (C=O) groups excluding carboxylic acids is 1. The average molecular weight is 333 g/mol. The maximum Gasteiger partial charge on any atom is 0.306 e. The predicted octanol–water partition coefficient (Wildman–Crippen LogP) is 3.23. The van der Waals surface area contributed by atoms with Crippen LogP contribution in [0.2, 0.25) is 0 Å². The molecule has 1 aromatic carbocycles. The molecule has 2 unspecified atom stereocenters. The van der Waals surface area contributed by atoms with Gasteiger partial charge in [0.25, 0.3) is 0 Å². The van der Waals surface area contributed by atoms with Crippen molar-refractivity contribution in [1.29, 1.82) is 0 Å². The summed E-state index contributed by atoms with van der Waals surface area (Å²) in [6.07, 6.45) is 5.08. The third kappa shape index (κ3) is 3.66. The SMILES string of the molecule is COCC(CC(=O)OC)c1cc(N)c2c(c1)C(C1CC1)CCCO2. The van der Waals surface area contributed by atoms with E-state index in [0.717, 1.165) is 36.7 Å². The largest absolute Gasteiger partial charge is 0.491 e. The zero-order valence-electron chi connectivity index (χ0n) is 14.5. The molecule has 132 valence electrons. The first-order valence-corrected chi connectivity index (χ1v) is 8.76. The topological polar surface area (TPSA) is 70.8 Å². The fourth-order valence-corrected chi connectivity index (χ4v) is 3.76. The number of nitrogens with two attached hydrogens (primary N) is 1. The highest BCUT2D eigenvalue weighted by Gasteiger charge is 2.36. The Morgan fingerprint density at radius 1 is 1.33 bits per heavy atom. The number of anilines is 1. The highest BCUT2D eigenvalue weighted by atomic mass is 16.5. The maximum absolute atomic E-state index is 11.7. The summed E-state index contributed by atoms with van der Waals surface area (Å²) < 4.78 is 16.1. The third-order valence-electron chi connectivity index (χ3n) is 5.15. The Balaban J connectivity index is 1.96. The van der Waals surface area contributed by atoms with Gasteiger partial charge in [0.1, 0.15) is 5.75 Å². The van der Waals surface area contributed by atoms with Gasteiger partial charge >= 0.3 is 5.97 Å². The van der Waals surface area contributed by atoms with E-state index in [-0.39, 0.29) is 18.3 Å². The second-order valence-electron chi connectivity index (χ2n) is 6.90. The molecule has 5 nitrogen and oxygen atoms in total. The van der Waals surface area contributed by atoms with Crippen LogP contribution in [0.15, 0.2) is 12.1 Å². The van der Waals surface area contributed by atoms with Gasteiger partial charge in [-0.3, -0.25) is 4.79 Å². The molecule has 1 aliphatic carbocycles. The lowest BCUT2D eigenvalue weighted by atomic mass is 9.85. The van der Waals surface area contributed by atoms with Crippen LogP contribution in [0, 0.1) is 5.92 Å². The molecule has 0 spiro atoms. The first-order valence-electron chi connectivity index (χ1n) is 8.76. The summed E-state index contributed by atoms with van der Waals surface area (Å²) in [6.45, 7) is 1.19. The second kappa shape index (κ2) is 7.43. The van der Waals surface area contributed by atoms with Crippen LogP contribution in [-0.2, 0) is 14.3 Å². The molecule has 1 aliphatic heterocycles. The fraction of sp³-hybridized carbons (Fsp3) is 0.632. The normalized spacial score (nSPS) is 21.3. The fourth-order valence-electron chi connectivity index (χ4n) is 3.76. The van der Waals surface area contributed by atoms with Crippen molar-refractivity contribution in [2.75, 3.05) is 33.2 Å². The number of ether oxygens (including phenoxy) is 3. The molecule has 3 rings (SSSR count). The van der Waals surface area contributed by atoms with Gasteiger partial charge in [0.05, 0.1) is 32.4 Å². The van der Waals surface area contributed by atoms with Crippen molar-refractivity contribution in [3.05, 3.63) is 23.3 Å². The zero-order chi connectivity index (χ0) is 17.1. The summed E-state index contributed by atoms with van der Waals surface area (Å²) in [5.41, 5.74) is 9.23. The van der Waals surface area contributed by atoms with Crippen LogP contribution in [-0.4, -0.2) is 33.4 Å². The van der Waals surface area contributed by atoms with E-state index in [1.165, 1.54) is 25.5 Å². The van der Waals surface area contributed by atoms with Crippen LogP contribution in [0.1, 0.15) is 55.1 Å². The molecule has 2 N–H and O–H groups in total. The summed E-state index contributed by atoms with van der Waals surface area (Å²) in [7, 11) is 3.06. The quantitative estimate of drug-likeness (QED) is 0.639. The lowest BCUT2D eigenvalue weighted by molar-refractivity contribution is -0.141. The summed E-state index contributed by atoms with van der Waals surface area (Å²) >= 11 is 0. The summed E-state index contributed by atoms with van der Waals surface area (Å²) in [5, 5.41) is 0. The molecule has 1 aromatic rings. The maximum atomic E-state index is 11.7. The number of hydrogen-bond acceptors (Lipinski definition) is 5.